The fourth-order valence-electron chi connectivity index (χ4n) is 2.90. The van der Waals surface area contributed by atoms with Crippen molar-refractivity contribution in [2.24, 2.45) is 10.8 Å². The zero-order chi connectivity index (χ0) is 20.0. The standard InChI is InChI=1S/C17H15F6N3O/c1-26-13-6-9(2-4-11(13)15(24)25-26)12-7-10(18)3-5-14(12)27-8-16(19,20)17(21,22)23/h2-5,7,13H,6,8H2,1H3,(H2,24,25). The number of ether oxygens (including phenoxy) is 1. The number of likely N-dealkylation sites (N-methyl/N-ethyl adjacent to an activating group) is 1. The molecule has 4 nitrogen and oxygen atoms in total. The van der Waals surface area contributed by atoms with Crippen molar-refractivity contribution in [1.82, 2.24) is 5.01 Å². The molecule has 0 fully saturated rings. The van der Waals surface area contributed by atoms with Crippen LogP contribution in [0.25, 0.3) is 5.57 Å². The number of hydrogen-bond donors (Lipinski definition) is 1. The van der Waals surface area contributed by atoms with Crippen LogP contribution in [0.5, 0.6) is 5.75 Å². The summed E-state index contributed by atoms with van der Waals surface area (Å²) in [7, 11) is 1.69. The summed E-state index contributed by atoms with van der Waals surface area (Å²) < 4.78 is 81.8. The van der Waals surface area contributed by atoms with E-state index in [4.69, 9.17) is 10.5 Å². The Morgan fingerprint density at radius 3 is 2.59 bits per heavy atom. The number of nitrogens with two attached hydrogens (primary N) is 1. The quantitative estimate of drug-likeness (QED) is 0.797. The fourth-order valence-corrected chi connectivity index (χ4v) is 2.90. The SMILES string of the molecule is CN1N=C(N)C2=CC=C(c3cc(F)ccc3OCC(F)(F)C(F)(F)F)CC21. The smallest absolute Gasteiger partial charge is 0.456 e. The van der Waals surface area contributed by atoms with Crippen molar-refractivity contribution in [3.8, 4) is 5.75 Å². The molecule has 0 aromatic heterocycles. The maximum atomic E-state index is 13.7. The van der Waals surface area contributed by atoms with Gasteiger partial charge in [-0.05, 0) is 30.2 Å². The first-order valence-corrected chi connectivity index (χ1v) is 7.85. The molecule has 1 aliphatic heterocycles. The summed E-state index contributed by atoms with van der Waals surface area (Å²) in [4.78, 5) is 0. The average Bonchev–Trinajstić information content (AvgIpc) is 2.86. The topological polar surface area (TPSA) is 50.8 Å². The average molecular weight is 391 g/mol. The zero-order valence-corrected chi connectivity index (χ0v) is 14.0. The first kappa shape index (κ1) is 19.1. The van der Waals surface area contributed by atoms with Gasteiger partial charge in [0.2, 0.25) is 0 Å². The maximum Gasteiger partial charge on any atom is 0.456 e. The Morgan fingerprint density at radius 1 is 1.22 bits per heavy atom. The molecule has 0 saturated heterocycles. The molecule has 1 aromatic carbocycles. The minimum atomic E-state index is -5.74. The van der Waals surface area contributed by atoms with Crippen LogP contribution in [-0.2, 0) is 0 Å². The first-order valence-electron chi connectivity index (χ1n) is 7.85. The number of allylic oxidation sites excluding steroid dienone is 2. The lowest BCUT2D eigenvalue weighted by Gasteiger charge is -2.26. The predicted octanol–water partition coefficient (Wildman–Crippen LogP) is 3.70. The van der Waals surface area contributed by atoms with Crippen molar-refractivity contribution in [3.05, 3.63) is 47.3 Å². The van der Waals surface area contributed by atoms with Crippen molar-refractivity contribution >= 4 is 11.4 Å². The Hall–Kier alpha value is -2.65. The van der Waals surface area contributed by atoms with E-state index >= 15 is 0 Å². The summed E-state index contributed by atoms with van der Waals surface area (Å²) in [5.41, 5.74) is 7.15. The second-order valence-electron chi connectivity index (χ2n) is 6.22. The van der Waals surface area contributed by atoms with E-state index in [0.717, 1.165) is 23.8 Å². The summed E-state index contributed by atoms with van der Waals surface area (Å²) in [6.07, 6.45) is -2.18. The molecule has 10 heteroatoms. The highest BCUT2D eigenvalue weighted by molar-refractivity contribution is 6.01. The molecule has 0 amide bonds. The highest BCUT2D eigenvalue weighted by Gasteiger charge is 2.58. The van der Waals surface area contributed by atoms with Gasteiger partial charge in [0.1, 0.15) is 17.4 Å². The first-order chi connectivity index (χ1) is 12.5. The maximum absolute atomic E-state index is 13.7. The molecule has 0 spiro atoms. The number of hydrogen-bond acceptors (Lipinski definition) is 4. The number of benzene rings is 1. The zero-order valence-electron chi connectivity index (χ0n) is 14.0. The van der Waals surface area contributed by atoms with Gasteiger partial charge in [-0.2, -0.15) is 27.1 Å². The predicted molar refractivity (Wildman–Crippen MR) is 86.7 cm³/mol. The lowest BCUT2D eigenvalue weighted by atomic mass is 9.89. The third-order valence-electron chi connectivity index (χ3n) is 4.36. The summed E-state index contributed by atoms with van der Waals surface area (Å²) in [5, 5.41) is 5.70. The van der Waals surface area contributed by atoms with Gasteiger partial charge < -0.3 is 10.5 Å². The van der Waals surface area contributed by atoms with Gasteiger partial charge >= 0.3 is 12.1 Å². The number of halogens is 6. The molecule has 1 aliphatic carbocycles. The molecule has 146 valence electrons. The summed E-state index contributed by atoms with van der Waals surface area (Å²) in [6, 6.07) is 2.75. The van der Waals surface area contributed by atoms with E-state index in [2.05, 4.69) is 5.10 Å². The van der Waals surface area contributed by atoms with Crippen molar-refractivity contribution in [2.45, 2.75) is 24.6 Å². The van der Waals surface area contributed by atoms with E-state index in [9.17, 15) is 26.3 Å². The van der Waals surface area contributed by atoms with Crippen LogP contribution in [0.4, 0.5) is 26.3 Å². The van der Waals surface area contributed by atoms with Crippen molar-refractivity contribution in [2.75, 3.05) is 13.7 Å². The number of fused-ring (bicyclic) bond motifs is 1. The minimum Gasteiger partial charge on any atom is -0.486 e. The van der Waals surface area contributed by atoms with Gasteiger partial charge in [0.25, 0.3) is 0 Å². The molecular formula is C17H15F6N3O. The van der Waals surface area contributed by atoms with E-state index in [-0.39, 0.29) is 17.4 Å². The third kappa shape index (κ3) is 3.60. The lowest BCUT2D eigenvalue weighted by Crippen LogP contribution is -2.41. The number of amidine groups is 1. The summed E-state index contributed by atoms with van der Waals surface area (Å²) >= 11 is 0. The van der Waals surface area contributed by atoms with Gasteiger partial charge in [-0.15, -0.1) is 0 Å². The molecule has 3 rings (SSSR count). The Bertz CT molecular complexity index is 844. The molecule has 27 heavy (non-hydrogen) atoms. The highest BCUT2D eigenvalue weighted by Crippen LogP contribution is 2.39. The van der Waals surface area contributed by atoms with Crippen LogP contribution in [0.1, 0.15) is 12.0 Å². The largest absolute Gasteiger partial charge is 0.486 e. The Kier molecular flexibility index (Phi) is 4.61. The van der Waals surface area contributed by atoms with E-state index in [1.807, 2.05) is 0 Å². The summed E-state index contributed by atoms with van der Waals surface area (Å²) in [5.74, 6) is -5.64. The molecule has 0 bridgehead atoms. The molecule has 2 aliphatic rings. The molecule has 1 aromatic rings. The van der Waals surface area contributed by atoms with Crippen molar-refractivity contribution in [1.29, 1.82) is 0 Å². The fraction of sp³-hybridized carbons (Fsp3) is 0.353. The molecule has 0 radical (unpaired) electrons. The highest BCUT2D eigenvalue weighted by atomic mass is 19.4. The summed E-state index contributed by atoms with van der Waals surface area (Å²) in [6.45, 7) is -1.90. The monoisotopic (exact) mass is 391 g/mol. The van der Waals surface area contributed by atoms with E-state index in [1.54, 1.807) is 24.2 Å². The van der Waals surface area contributed by atoms with Gasteiger partial charge in [0.05, 0.1) is 6.04 Å². The molecular weight excluding hydrogens is 376 g/mol. The van der Waals surface area contributed by atoms with Crippen LogP contribution in [-0.4, -0.2) is 42.6 Å². The second kappa shape index (κ2) is 6.50. The van der Waals surface area contributed by atoms with Crippen LogP contribution >= 0.6 is 0 Å². The Labute approximate surface area is 150 Å². The van der Waals surface area contributed by atoms with E-state index in [1.165, 1.54) is 0 Å². The number of nitrogens with zero attached hydrogens (tertiary/aromatic N) is 2. The molecule has 1 unspecified atom stereocenters. The van der Waals surface area contributed by atoms with Gasteiger partial charge in [0.15, 0.2) is 6.61 Å². The van der Waals surface area contributed by atoms with Crippen LogP contribution in [0.3, 0.4) is 0 Å². The molecule has 1 atom stereocenters. The Balaban J connectivity index is 1.89. The van der Waals surface area contributed by atoms with E-state index < -0.39 is 24.5 Å². The van der Waals surface area contributed by atoms with Gasteiger partial charge in [0, 0.05) is 18.2 Å². The second-order valence-corrected chi connectivity index (χ2v) is 6.22. The van der Waals surface area contributed by atoms with Crippen LogP contribution in [0.15, 0.2) is 41.0 Å². The van der Waals surface area contributed by atoms with Crippen LogP contribution in [0, 0.1) is 5.82 Å². The van der Waals surface area contributed by atoms with Crippen LogP contribution < -0.4 is 10.5 Å². The van der Waals surface area contributed by atoms with E-state index in [0.29, 0.717) is 17.8 Å². The third-order valence-corrected chi connectivity index (χ3v) is 4.36. The molecule has 2 N–H and O–H groups in total. The van der Waals surface area contributed by atoms with Gasteiger partial charge in [-0.3, -0.25) is 5.01 Å². The lowest BCUT2D eigenvalue weighted by molar-refractivity contribution is -0.290. The van der Waals surface area contributed by atoms with Crippen LogP contribution in [0.2, 0.25) is 0 Å². The number of alkyl halides is 5. The number of rotatable bonds is 4. The Morgan fingerprint density at radius 2 is 1.93 bits per heavy atom. The molecule has 1 heterocycles. The van der Waals surface area contributed by atoms with Crippen molar-refractivity contribution < 1.29 is 31.1 Å². The van der Waals surface area contributed by atoms with Gasteiger partial charge in [-0.25, -0.2) is 4.39 Å². The van der Waals surface area contributed by atoms with Crippen molar-refractivity contribution in [3.63, 3.8) is 0 Å². The number of hydrazone groups is 1. The normalized spacial score (nSPS) is 20.0. The molecule has 0 saturated carbocycles. The minimum absolute atomic E-state index is 0.0992. The van der Waals surface area contributed by atoms with Gasteiger partial charge in [-0.1, -0.05) is 12.2 Å².